The summed E-state index contributed by atoms with van der Waals surface area (Å²) in [5.41, 5.74) is 2.31. The fourth-order valence-corrected chi connectivity index (χ4v) is 3.98. The Bertz CT molecular complexity index is 1180. The number of halogens is 1. The average molecular weight is 424 g/mol. The molecule has 0 saturated carbocycles. The van der Waals surface area contributed by atoms with E-state index in [1.807, 2.05) is 30.5 Å². The van der Waals surface area contributed by atoms with E-state index >= 15 is 0 Å². The van der Waals surface area contributed by atoms with Gasteiger partial charge in [0.05, 0.1) is 10.7 Å². The van der Waals surface area contributed by atoms with E-state index in [0.717, 1.165) is 29.4 Å². The Morgan fingerprint density at radius 1 is 1.10 bits per heavy atom. The Hall–Kier alpha value is -2.96. The van der Waals surface area contributed by atoms with Gasteiger partial charge in [-0.15, -0.1) is 0 Å². The largest absolute Gasteiger partial charge is 0.347 e. The first-order valence-corrected chi connectivity index (χ1v) is 10.0. The molecule has 1 fully saturated rings. The Labute approximate surface area is 178 Å². The number of aryl methyl sites for hydroxylation is 1. The van der Waals surface area contributed by atoms with Crippen LogP contribution in [0.25, 0.3) is 17.0 Å². The molecule has 2 amide bonds. The van der Waals surface area contributed by atoms with Crippen LogP contribution in [0.4, 0.5) is 5.69 Å². The zero-order chi connectivity index (χ0) is 20.5. The molecular formula is C22H18ClN3O2S. The van der Waals surface area contributed by atoms with Crippen LogP contribution in [0.5, 0.6) is 0 Å². The maximum atomic E-state index is 13.2. The number of amides is 2. The number of benzene rings is 2. The number of nitrogens with zero attached hydrogens (tertiary/aromatic N) is 2. The monoisotopic (exact) mass is 423 g/mol. The molecule has 2 aromatic carbocycles. The number of fused-ring (bicyclic) bond motifs is 1. The second kappa shape index (κ2) is 7.81. The maximum Gasteiger partial charge on any atom is 0.270 e. The number of nitrogens with one attached hydrogen (secondary N) is 1. The highest BCUT2D eigenvalue weighted by Crippen LogP contribution is 2.30. The Morgan fingerprint density at radius 3 is 2.59 bits per heavy atom. The van der Waals surface area contributed by atoms with E-state index in [9.17, 15) is 9.59 Å². The van der Waals surface area contributed by atoms with Crippen LogP contribution < -0.4 is 10.2 Å². The van der Waals surface area contributed by atoms with Gasteiger partial charge in [0.2, 0.25) is 0 Å². The molecule has 1 aliphatic heterocycles. The number of aromatic nitrogens is 1. The summed E-state index contributed by atoms with van der Waals surface area (Å²) in [6.45, 7) is 2.95. The van der Waals surface area contributed by atoms with Crippen molar-refractivity contribution in [2.75, 3.05) is 4.90 Å². The first-order chi connectivity index (χ1) is 14.0. The van der Waals surface area contributed by atoms with Crippen molar-refractivity contribution in [2.24, 2.45) is 0 Å². The minimum absolute atomic E-state index is 0.0120. The third kappa shape index (κ3) is 3.45. The molecule has 0 aliphatic carbocycles. The van der Waals surface area contributed by atoms with E-state index in [1.54, 1.807) is 30.3 Å². The molecule has 1 saturated heterocycles. The lowest BCUT2D eigenvalue weighted by atomic mass is 10.1. The van der Waals surface area contributed by atoms with Crippen LogP contribution in [-0.2, 0) is 16.1 Å². The van der Waals surface area contributed by atoms with Crippen molar-refractivity contribution in [3.63, 3.8) is 0 Å². The summed E-state index contributed by atoms with van der Waals surface area (Å²) < 4.78 is 2.13. The highest BCUT2D eigenvalue weighted by Gasteiger charge is 2.35. The number of rotatable bonds is 4. The topological polar surface area (TPSA) is 54.3 Å². The molecule has 146 valence electrons. The van der Waals surface area contributed by atoms with Gasteiger partial charge >= 0.3 is 0 Å². The van der Waals surface area contributed by atoms with Gasteiger partial charge < -0.3 is 4.57 Å². The third-order valence-electron chi connectivity index (χ3n) is 4.78. The van der Waals surface area contributed by atoms with Crippen LogP contribution in [0, 0.1) is 0 Å². The fourth-order valence-electron chi connectivity index (χ4n) is 3.48. The maximum absolute atomic E-state index is 13.2. The van der Waals surface area contributed by atoms with Crippen molar-refractivity contribution in [3.05, 3.63) is 70.9 Å². The number of thiocarbonyl (C=S) groups is 1. The zero-order valence-corrected chi connectivity index (χ0v) is 17.3. The molecule has 0 unspecified atom stereocenters. The van der Waals surface area contributed by atoms with E-state index in [0.29, 0.717) is 10.7 Å². The minimum atomic E-state index is -0.518. The molecule has 0 spiro atoms. The number of hydrogen-bond donors (Lipinski definition) is 1. The van der Waals surface area contributed by atoms with Crippen molar-refractivity contribution < 1.29 is 9.59 Å². The summed E-state index contributed by atoms with van der Waals surface area (Å²) in [7, 11) is 0. The van der Waals surface area contributed by atoms with E-state index in [2.05, 4.69) is 16.8 Å². The molecule has 1 aliphatic rings. The predicted molar refractivity (Wildman–Crippen MR) is 120 cm³/mol. The SMILES string of the molecule is CCCn1cc(C=C2C(=O)NC(=S)N(c3ccccc3Cl)C2=O)c2ccccc21. The van der Waals surface area contributed by atoms with Gasteiger partial charge in [0.15, 0.2) is 5.11 Å². The first kappa shape index (κ1) is 19.4. The predicted octanol–water partition coefficient (Wildman–Crippen LogP) is 4.54. The smallest absolute Gasteiger partial charge is 0.270 e. The Kier molecular flexibility index (Phi) is 5.22. The van der Waals surface area contributed by atoms with Gasteiger partial charge in [-0.3, -0.25) is 19.8 Å². The lowest BCUT2D eigenvalue weighted by Gasteiger charge is -2.29. The quantitative estimate of drug-likeness (QED) is 0.381. The molecule has 7 heteroatoms. The van der Waals surface area contributed by atoms with Crippen LogP contribution in [0.1, 0.15) is 18.9 Å². The van der Waals surface area contributed by atoms with E-state index in [4.69, 9.17) is 23.8 Å². The summed E-state index contributed by atoms with van der Waals surface area (Å²) in [6.07, 6.45) is 4.56. The minimum Gasteiger partial charge on any atom is -0.347 e. The van der Waals surface area contributed by atoms with Crippen molar-refractivity contribution in [1.29, 1.82) is 0 Å². The Morgan fingerprint density at radius 2 is 1.83 bits per heavy atom. The molecule has 3 aromatic rings. The summed E-state index contributed by atoms with van der Waals surface area (Å²) in [5.74, 6) is -1.02. The molecule has 1 N–H and O–H groups in total. The van der Waals surface area contributed by atoms with Crippen LogP contribution in [0.2, 0.25) is 5.02 Å². The van der Waals surface area contributed by atoms with Crippen molar-refractivity contribution >= 4 is 63.4 Å². The highest BCUT2D eigenvalue weighted by atomic mass is 35.5. The van der Waals surface area contributed by atoms with Crippen molar-refractivity contribution in [2.45, 2.75) is 19.9 Å². The average Bonchev–Trinajstić information content (AvgIpc) is 3.04. The van der Waals surface area contributed by atoms with Crippen LogP contribution in [-0.4, -0.2) is 21.5 Å². The van der Waals surface area contributed by atoms with Gasteiger partial charge in [-0.05, 0) is 42.9 Å². The van der Waals surface area contributed by atoms with E-state index in [1.165, 1.54) is 4.90 Å². The standard InChI is InChI=1S/C22H18ClN3O2S/c1-2-11-25-13-14(15-7-3-5-9-18(15)25)12-16-20(27)24-22(29)26(21(16)28)19-10-6-4-8-17(19)23/h3-10,12-13H,2,11H2,1H3,(H,24,27,29). The van der Waals surface area contributed by atoms with Crippen molar-refractivity contribution in [3.8, 4) is 0 Å². The lowest BCUT2D eigenvalue weighted by Crippen LogP contribution is -2.54. The van der Waals surface area contributed by atoms with Gasteiger partial charge in [-0.25, -0.2) is 0 Å². The summed E-state index contributed by atoms with van der Waals surface area (Å²) >= 11 is 11.5. The number of carbonyl (C=O) groups is 2. The van der Waals surface area contributed by atoms with Crippen LogP contribution in [0.15, 0.2) is 60.3 Å². The van der Waals surface area contributed by atoms with Crippen molar-refractivity contribution in [1.82, 2.24) is 9.88 Å². The zero-order valence-electron chi connectivity index (χ0n) is 15.7. The number of carbonyl (C=O) groups excluding carboxylic acids is 2. The van der Waals surface area contributed by atoms with Gasteiger partial charge in [-0.1, -0.05) is 48.9 Å². The summed E-state index contributed by atoms with van der Waals surface area (Å²) in [4.78, 5) is 27.1. The van der Waals surface area contributed by atoms with Gasteiger partial charge in [0, 0.05) is 29.2 Å². The highest BCUT2D eigenvalue weighted by molar-refractivity contribution is 7.80. The number of para-hydroxylation sites is 2. The van der Waals surface area contributed by atoms with Gasteiger partial charge in [0.1, 0.15) is 5.57 Å². The molecule has 1 aromatic heterocycles. The summed E-state index contributed by atoms with van der Waals surface area (Å²) in [6, 6.07) is 14.8. The molecular weight excluding hydrogens is 406 g/mol. The number of anilines is 1. The Balaban J connectivity index is 1.82. The lowest BCUT2D eigenvalue weighted by molar-refractivity contribution is -0.122. The third-order valence-corrected chi connectivity index (χ3v) is 5.38. The molecule has 2 heterocycles. The molecule has 5 nitrogen and oxygen atoms in total. The molecule has 0 radical (unpaired) electrons. The normalized spacial score (nSPS) is 16.0. The van der Waals surface area contributed by atoms with Crippen LogP contribution >= 0.6 is 23.8 Å². The van der Waals surface area contributed by atoms with Crippen LogP contribution in [0.3, 0.4) is 0 Å². The summed E-state index contributed by atoms with van der Waals surface area (Å²) in [5, 5.41) is 3.96. The molecule has 4 rings (SSSR count). The van der Waals surface area contributed by atoms with E-state index < -0.39 is 11.8 Å². The molecule has 0 atom stereocenters. The molecule has 29 heavy (non-hydrogen) atoms. The molecule has 0 bridgehead atoms. The van der Waals surface area contributed by atoms with E-state index in [-0.39, 0.29) is 10.7 Å². The van der Waals surface area contributed by atoms with Gasteiger partial charge in [0.25, 0.3) is 11.8 Å². The van der Waals surface area contributed by atoms with Gasteiger partial charge in [-0.2, -0.15) is 0 Å². The second-order valence-corrected chi connectivity index (χ2v) is 7.50. The number of hydrogen-bond acceptors (Lipinski definition) is 3. The fraction of sp³-hybridized carbons (Fsp3) is 0.136. The second-order valence-electron chi connectivity index (χ2n) is 6.70. The first-order valence-electron chi connectivity index (χ1n) is 9.25.